The van der Waals surface area contributed by atoms with Crippen LogP contribution in [0.4, 0.5) is 0 Å². The topological polar surface area (TPSA) is 58.6 Å². The second kappa shape index (κ2) is 10.7. The van der Waals surface area contributed by atoms with E-state index in [9.17, 15) is 9.90 Å². The van der Waals surface area contributed by atoms with Gasteiger partial charge in [-0.1, -0.05) is 48.5 Å². The summed E-state index contributed by atoms with van der Waals surface area (Å²) < 4.78 is 5.38. The third-order valence-electron chi connectivity index (χ3n) is 6.25. The lowest BCUT2D eigenvalue weighted by Crippen LogP contribution is -2.22. The summed E-state index contributed by atoms with van der Waals surface area (Å²) >= 11 is 0. The molecular formula is C29H30ClNO3. The highest BCUT2D eigenvalue weighted by Crippen LogP contribution is 2.34. The molecule has 0 saturated heterocycles. The van der Waals surface area contributed by atoms with Gasteiger partial charge in [0.1, 0.15) is 5.75 Å². The maximum absolute atomic E-state index is 11.5. The summed E-state index contributed by atoms with van der Waals surface area (Å²) in [4.78, 5) is 11.5. The first-order valence-corrected chi connectivity index (χ1v) is 11.1. The van der Waals surface area contributed by atoms with Crippen LogP contribution in [0.25, 0.3) is 21.9 Å². The molecule has 0 aliphatic heterocycles. The third-order valence-corrected chi connectivity index (χ3v) is 6.25. The molecule has 4 aromatic carbocycles. The van der Waals surface area contributed by atoms with Crippen molar-refractivity contribution in [2.45, 2.75) is 32.9 Å². The van der Waals surface area contributed by atoms with E-state index in [1.807, 2.05) is 43.3 Å². The molecular weight excluding hydrogens is 446 g/mol. The second-order valence-corrected chi connectivity index (χ2v) is 8.51. The number of carbonyl (C=O) groups is 1. The molecule has 0 aromatic heterocycles. The van der Waals surface area contributed by atoms with E-state index < -0.39 is 5.97 Å². The number of carboxylic acids is 1. The Morgan fingerprint density at radius 1 is 0.882 bits per heavy atom. The largest absolute Gasteiger partial charge is 0.497 e. The molecule has 4 aromatic rings. The number of hydrogen-bond donors (Lipinski definition) is 2. The molecule has 0 amide bonds. The van der Waals surface area contributed by atoms with Crippen LogP contribution >= 0.6 is 12.4 Å². The van der Waals surface area contributed by atoms with Crippen LogP contribution in [0.15, 0.2) is 78.9 Å². The lowest BCUT2D eigenvalue weighted by atomic mass is 9.91. The van der Waals surface area contributed by atoms with Gasteiger partial charge in [-0.2, -0.15) is 0 Å². The fourth-order valence-corrected chi connectivity index (χ4v) is 4.37. The van der Waals surface area contributed by atoms with Crippen LogP contribution in [0.2, 0.25) is 0 Å². The Bertz CT molecular complexity index is 1320. The molecule has 0 saturated carbocycles. The molecule has 0 radical (unpaired) electrons. The van der Waals surface area contributed by atoms with Gasteiger partial charge in [0.05, 0.1) is 12.7 Å². The zero-order valence-electron chi connectivity index (χ0n) is 19.8. The fraction of sp³-hybridized carbons (Fsp3) is 0.207. The van der Waals surface area contributed by atoms with Gasteiger partial charge in [-0.15, -0.1) is 12.4 Å². The number of rotatable bonds is 7. The molecule has 2 N–H and O–H groups in total. The van der Waals surface area contributed by atoms with Crippen molar-refractivity contribution < 1.29 is 14.6 Å². The van der Waals surface area contributed by atoms with Crippen molar-refractivity contribution in [2.75, 3.05) is 7.11 Å². The second-order valence-electron chi connectivity index (χ2n) is 8.51. The van der Waals surface area contributed by atoms with Crippen LogP contribution < -0.4 is 10.1 Å². The quantitative estimate of drug-likeness (QED) is 0.293. The number of aryl methyl sites for hydroxylation is 1. The molecule has 0 fully saturated rings. The van der Waals surface area contributed by atoms with Gasteiger partial charge in [0, 0.05) is 12.1 Å². The first kappa shape index (κ1) is 25.3. The third kappa shape index (κ3) is 5.24. The molecule has 0 heterocycles. The lowest BCUT2D eigenvalue weighted by Gasteiger charge is -2.22. The zero-order valence-corrected chi connectivity index (χ0v) is 20.6. The van der Waals surface area contributed by atoms with Crippen LogP contribution in [-0.2, 0) is 0 Å². The predicted octanol–water partition coefficient (Wildman–Crippen LogP) is 7.36. The molecule has 0 bridgehead atoms. The number of benzene rings is 4. The molecule has 2 atom stereocenters. The van der Waals surface area contributed by atoms with E-state index >= 15 is 0 Å². The summed E-state index contributed by atoms with van der Waals surface area (Å²) in [5.74, 6) is -0.0519. The van der Waals surface area contributed by atoms with Gasteiger partial charge < -0.3 is 15.2 Å². The molecule has 4 nitrogen and oxygen atoms in total. The first-order valence-electron chi connectivity index (χ1n) is 11.1. The summed E-state index contributed by atoms with van der Waals surface area (Å²) in [5.41, 5.74) is 5.56. The average Bonchev–Trinajstić information content (AvgIpc) is 2.83. The number of aromatic carboxylic acids is 1. The Labute approximate surface area is 207 Å². The maximum atomic E-state index is 11.5. The molecule has 0 spiro atoms. The van der Waals surface area contributed by atoms with Gasteiger partial charge in [0.15, 0.2) is 0 Å². The normalized spacial score (nSPS) is 12.6. The molecule has 4 rings (SSSR count). The highest BCUT2D eigenvalue weighted by Gasteiger charge is 2.16. The Hall–Kier alpha value is -3.34. The summed E-state index contributed by atoms with van der Waals surface area (Å²) in [7, 11) is 1.68. The van der Waals surface area contributed by atoms with Crippen LogP contribution in [0.5, 0.6) is 5.75 Å². The van der Waals surface area contributed by atoms with Crippen molar-refractivity contribution in [1.82, 2.24) is 5.32 Å². The summed E-state index contributed by atoms with van der Waals surface area (Å²) in [6.45, 7) is 6.17. The SMILES string of the molecule is COc1cccc([C@@H](C)NC(C)c2cc(-c3ccc(C(=O)O)c(C)c3)c3ccccc3c2)c1.Cl. The Morgan fingerprint density at radius 3 is 2.32 bits per heavy atom. The fourth-order valence-electron chi connectivity index (χ4n) is 4.37. The lowest BCUT2D eigenvalue weighted by molar-refractivity contribution is 0.0696. The molecule has 1 unspecified atom stereocenters. The van der Waals surface area contributed by atoms with Gasteiger partial charge in [-0.3, -0.25) is 0 Å². The number of hydrogen-bond acceptors (Lipinski definition) is 3. The van der Waals surface area contributed by atoms with Crippen molar-refractivity contribution in [3.8, 4) is 16.9 Å². The van der Waals surface area contributed by atoms with E-state index in [1.54, 1.807) is 13.2 Å². The van der Waals surface area contributed by atoms with Gasteiger partial charge in [-0.05, 0) is 89.7 Å². The van der Waals surface area contributed by atoms with Crippen LogP contribution in [-0.4, -0.2) is 18.2 Å². The predicted molar refractivity (Wildman–Crippen MR) is 141 cm³/mol. The maximum Gasteiger partial charge on any atom is 0.335 e. The van der Waals surface area contributed by atoms with Crippen molar-refractivity contribution in [2.24, 2.45) is 0 Å². The number of fused-ring (bicyclic) bond motifs is 1. The average molecular weight is 476 g/mol. The molecule has 0 aliphatic carbocycles. The number of nitrogens with one attached hydrogen (secondary N) is 1. The smallest absolute Gasteiger partial charge is 0.335 e. The molecule has 34 heavy (non-hydrogen) atoms. The molecule has 0 aliphatic rings. The highest BCUT2D eigenvalue weighted by atomic mass is 35.5. The number of carboxylic acid groups (broad SMARTS) is 1. The minimum atomic E-state index is -0.901. The van der Waals surface area contributed by atoms with Gasteiger partial charge >= 0.3 is 5.97 Å². The Kier molecular flexibility index (Phi) is 7.98. The number of halogens is 1. The van der Waals surface area contributed by atoms with E-state index in [2.05, 4.69) is 55.6 Å². The van der Waals surface area contributed by atoms with Gasteiger partial charge in [0.25, 0.3) is 0 Å². The molecule has 5 heteroatoms. The monoisotopic (exact) mass is 475 g/mol. The van der Waals surface area contributed by atoms with E-state index in [-0.39, 0.29) is 24.5 Å². The van der Waals surface area contributed by atoms with Crippen LogP contribution in [0.1, 0.15) is 53.0 Å². The molecule has 176 valence electrons. The van der Waals surface area contributed by atoms with Crippen molar-refractivity contribution in [3.05, 3.63) is 101 Å². The Morgan fingerprint density at radius 2 is 1.62 bits per heavy atom. The van der Waals surface area contributed by atoms with E-state index in [0.717, 1.165) is 33.2 Å². The highest BCUT2D eigenvalue weighted by molar-refractivity contribution is 5.98. The summed E-state index contributed by atoms with van der Waals surface area (Å²) in [6.07, 6.45) is 0. The Balaban J connectivity index is 0.00000324. The first-order chi connectivity index (χ1) is 15.9. The van der Waals surface area contributed by atoms with E-state index in [4.69, 9.17) is 4.74 Å². The number of methoxy groups -OCH3 is 1. The zero-order chi connectivity index (χ0) is 23.5. The minimum Gasteiger partial charge on any atom is -0.497 e. The van der Waals surface area contributed by atoms with Gasteiger partial charge in [-0.25, -0.2) is 4.79 Å². The minimum absolute atomic E-state index is 0. The van der Waals surface area contributed by atoms with Crippen molar-refractivity contribution in [1.29, 1.82) is 0 Å². The standard InChI is InChI=1S/C29H29NO3.ClH/c1-18-14-23(12-13-26(18)29(31)32)28-17-24(15-22-8-5-6-11-27(22)28)20(3)30-19(2)21-9-7-10-25(16-21)33-4;/h5-17,19-20,30H,1-4H3,(H,31,32);1H/t19-,20?;/m1./s1. The van der Waals surface area contributed by atoms with Crippen molar-refractivity contribution >= 4 is 29.1 Å². The van der Waals surface area contributed by atoms with Crippen molar-refractivity contribution in [3.63, 3.8) is 0 Å². The number of ether oxygens (including phenoxy) is 1. The van der Waals surface area contributed by atoms with E-state index in [0.29, 0.717) is 5.56 Å². The van der Waals surface area contributed by atoms with Crippen LogP contribution in [0, 0.1) is 6.92 Å². The van der Waals surface area contributed by atoms with Crippen LogP contribution in [0.3, 0.4) is 0 Å². The summed E-state index contributed by atoms with van der Waals surface area (Å²) in [5, 5.41) is 15.4. The van der Waals surface area contributed by atoms with Gasteiger partial charge in [0.2, 0.25) is 0 Å². The summed E-state index contributed by atoms with van der Waals surface area (Å²) in [6, 6.07) is 26.7. The van der Waals surface area contributed by atoms with E-state index in [1.165, 1.54) is 11.1 Å².